The minimum absolute atomic E-state index is 0.0475. The fraction of sp³-hybridized carbons (Fsp3) is 0.214. The van der Waals surface area contributed by atoms with Crippen LogP contribution in [-0.2, 0) is 16.8 Å². The summed E-state index contributed by atoms with van der Waals surface area (Å²) in [5.41, 5.74) is 1.58. The molecule has 3 N–H and O–H groups in total. The Hall–Kier alpha value is -2.68. The van der Waals surface area contributed by atoms with Gasteiger partial charge in [0.1, 0.15) is 11.4 Å². The van der Waals surface area contributed by atoms with Crippen molar-refractivity contribution >= 4 is 15.9 Å². The van der Waals surface area contributed by atoms with Gasteiger partial charge in [0.2, 0.25) is 5.88 Å². The Balaban J connectivity index is 1.95. The maximum atomic E-state index is 11.8. The molecule has 8 nitrogen and oxygen atoms in total. The van der Waals surface area contributed by atoms with Crippen molar-refractivity contribution < 1.29 is 18.6 Å². The van der Waals surface area contributed by atoms with Crippen molar-refractivity contribution in [1.82, 2.24) is 14.5 Å². The quantitative estimate of drug-likeness (QED) is 0.787. The second kappa shape index (κ2) is 5.51. The first-order chi connectivity index (χ1) is 10.9. The van der Waals surface area contributed by atoms with Crippen LogP contribution in [-0.4, -0.2) is 28.4 Å². The lowest BCUT2D eigenvalue weighted by molar-refractivity contribution is 0.392. The molecule has 0 fully saturated rings. The number of aliphatic hydroxyl groups excluding tert-OH is 1. The molecule has 0 atom stereocenters. The second-order valence-corrected chi connectivity index (χ2v) is 6.66. The van der Waals surface area contributed by atoms with E-state index in [-0.39, 0.29) is 11.4 Å². The third kappa shape index (κ3) is 2.82. The minimum Gasteiger partial charge on any atom is -0.506 e. The summed E-state index contributed by atoms with van der Waals surface area (Å²) in [6.45, 7) is 2.85. The molecular formula is C14H16N4O4S. The summed E-state index contributed by atoms with van der Waals surface area (Å²) >= 11 is 0. The lowest BCUT2D eigenvalue weighted by Gasteiger charge is -2.15. The van der Waals surface area contributed by atoms with E-state index in [4.69, 9.17) is 0 Å². The topological polar surface area (TPSA) is 108 Å². The van der Waals surface area contributed by atoms with E-state index < -0.39 is 16.1 Å². The van der Waals surface area contributed by atoms with Crippen LogP contribution >= 0.6 is 0 Å². The van der Waals surface area contributed by atoms with Gasteiger partial charge >= 0.3 is 10.2 Å². The highest BCUT2D eigenvalue weighted by Crippen LogP contribution is 2.35. The number of hydrogen-bond donors (Lipinski definition) is 3. The van der Waals surface area contributed by atoms with Crippen LogP contribution in [0.5, 0.6) is 5.75 Å². The Morgan fingerprint density at radius 3 is 2.65 bits per heavy atom. The number of benzene rings is 1. The first-order valence-corrected chi connectivity index (χ1v) is 8.43. The number of aryl methyl sites for hydroxylation is 1. The molecule has 2 aromatic rings. The number of phenolic OH excluding ortho intramolecular Hbond substituents is 1. The third-order valence-corrected chi connectivity index (χ3v) is 4.65. The molecule has 0 unspecified atom stereocenters. The fourth-order valence-corrected chi connectivity index (χ4v) is 3.41. The number of phenols is 1. The molecule has 1 aromatic heterocycles. The van der Waals surface area contributed by atoms with E-state index in [0.29, 0.717) is 5.56 Å². The summed E-state index contributed by atoms with van der Waals surface area (Å²) in [6.07, 6.45) is 5.49. The van der Waals surface area contributed by atoms with Gasteiger partial charge in [-0.2, -0.15) is 13.5 Å². The summed E-state index contributed by atoms with van der Waals surface area (Å²) in [7, 11) is -3.93. The van der Waals surface area contributed by atoms with Gasteiger partial charge in [0.25, 0.3) is 0 Å². The zero-order valence-corrected chi connectivity index (χ0v) is 13.2. The minimum atomic E-state index is -3.93. The number of rotatable bonds is 4. The summed E-state index contributed by atoms with van der Waals surface area (Å²) in [4.78, 5) is 0. The SMILES string of the molecule is CCCn1cc(-c2ccc(N3C=C(O)NS3(=O)=O)c(O)c2)cn1. The summed E-state index contributed by atoms with van der Waals surface area (Å²) in [6, 6.07) is 4.61. The number of hydrogen-bond acceptors (Lipinski definition) is 5. The van der Waals surface area contributed by atoms with Crippen LogP contribution in [0.4, 0.5) is 5.69 Å². The normalized spacial score (nSPS) is 16.2. The zero-order chi connectivity index (χ0) is 16.6. The highest BCUT2D eigenvalue weighted by Gasteiger charge is 2.30. The van der Waals surface area contributed by atoms with E-state index >= 15 is 0 Å². The number of anilines is 1. The van der Waals surface area contributed by atoms with Crippen molar-refractivity contribution in [2.24, 2.45) is 0 Å². The van der Waals surface area contributed by atoms with Gasteiger partial charge < -0.3 is 10.2 Å². The van der Waals surface area contributed by atoms with Crippen LogP contribution in [0.3, 0.4) is 0 Å². The van der Waals surface area contributed by atoms with E-state index in [9.17, 15) is 18.6 Å². The van der Waals surface area contributed by atoms with Gasteiger partial charge in [-0.15, -0.1) is 0 Å². The van der Waals surface area contributed by atoms with Crippen molar-refractivity contribution in [2.45, 2.75) is 19.9 Å². The lowest BCUT2D eigenvalue weighted by Crippen LogP contribution is -2.29. The highest BCUT2D eigenvalue weighted by atomic mass is 32.2. The van der Waals surface area contributed by atoms with Crippen LogP contribution in [0.1, 0.15) is 13.3 Å². The predicted molar refractivity (Wildman–Crippen MR) is 84.9 cm³/mol. The molecule has 1 aliphatic heterocycles. The molecule has 9 heteroatoms. The maximum absolute atomic E-state index is 11.8. The Kier molecular flexibility index (Phi) is 3.64. The first-order valence-electron chi connectivity index (χ1n) is 6.99. The van der Waals surface area contributed by atoms with Crippen LogP contribution in [0.2, 0.25) is 0 Å². The van der Waals surface area contributed by atoms with E-state index in [2.05, 4.69) is 12.0 Å². The average molecular weight is 336 g/mol. The van der Waals surface area contributed by atoms with Gasteiger partial charge in [0.05, 0.1) is 12.4 Å². The van der Waals surface area contributed by atoms with Gasteiger partial charge in [-0.3, -0.25) is 4.68 Å². The number of nitrogens with one attached hydrogen (secondary N) is 1. The van der Waals surface area contributed by atoms with E-state index in [1.807, 2.05) is 10.9 Å². The van der Waals surface area contributed by atoms with Crippen molar-refractivity contribution in [1.29, 1.82) is 0 Å². The van der Waals surface area contributed by atoms with Crippen molar-refractivity contribution in [3.63, 3.8) is 0 Å². The molecular weight excluding hydrogens is 320 g/mol. The Bertz CT molecular complexity index is 873. The summed E-state index contributed by atoms with van der Waals surface area (Å²) in [5, 5.41) is 23.7. The van der Waals surface area contributed by atoms with Gasteiger partial charge in [-0.1, -0.05) is 13.0 Å². The van der Waals surface area contributed by atoms with Crippen molar-refractivity contribution in [3.05, 3.63) is 42.7 Å². The van der Waals surface area contributed by atoms with E-state index in [1.165, 1.54) is 12.1 Å². The molecule has 23 heavy (non-hydrogen) atoms. The standard InChI is InChI=1S/C14H16N4O4S/c1-2-5-17-8-11(7-15-17)10-3-4-12(13(19)6-10)18-9-14(20)16-23(18,21)22/h3-4,6-9,16,19-20H,2,5H2,1H3. The van der Waals surface area contributed by atoms with Crippen molar-refractivity contribution in [2.75, 3.05) is 4.31 Å². The number of aromatic hydroxyl groups is 1. The Morgan fingerprint density at radius 1 is 1.26 bits per heavy atom. The molecule has 0 aliphatic carbocycles. The van der Waals surface area contributed by atoms with Crippen LogP contribution < -0.4 is 9.03 Å². The molecule has 2 heterocycles. The summed E-state index contributed by atoms with van der Waals surface area (Å²) < 4.78 is 28.2. The number of aromatic nitrogens is 2. The molecule has 3 rings (SSSR count). The predicted octanol–water partition coefficient (Wildman–Crippen LogP) is 1.68. The molecule has 0 saturated carbocycles. The van der Waals surface area contributed by atoms with Crippen LogP contribution in [0.15, 0.2) is 42.7 Å². The van der Waals surface area contributed by atoms with Crippen LogP contribution in [0.25, 0.3) is 11.1 Å². The maximum Gasteiger partial charge on any atom is 0.330 e. The van der Waals surface area contributed by atoms with Gasteiger partial charge in [-0.25, -0.2) is 9.03 Å². The fourth-order valence-electron chi connectivity index (χ4n) is 2.34. The molecule has 122 valence electrons. The third-order valence-electron chi connectivity index (χ3n) is 3.36. The molecule has 1 aromatic carbocycles. The molecule has 0 bridgehead atoms. The van der Waals surface area contributed by atoms with E-state index in [1.54, 1.807) is 16.9 Å². The molecule has 1 aliphatic rings. The molecule has 0 radical (unpaired) electrons. The Labute approximate surface area is 133 Å². The first kappa shape index (κ1) is 15.2. The van der Waals surface area contributed by atoms with Gasteiger partial charge in [0, 0.05) is 18.3 Å². The number of nitrogens with zero attached hydrogens (tertiary/aromatic N) is 3. The molecule has 0 spiro atoms. The monoisotopic (exact) mass is 336 g/mol. The largest absolute Gasteiger partial charge is 0.506 e. The van der Waals surface area contributed by atoms with E-state index in [0.717, 1.165) is 29.0 Å². The van der Waals surface area contributed by atoms with Gasteiger partial charge in [0.15, 0.2) is 0 Å². The van der Waals surface area contributed by atoms with Gasteiger partial charge in [-0.05, 0) is 24.1 Å². The summed E-state index contributed by atoms with van der Waals surface area (Å²) in [5.74, 6) is -0.726. The Morgan fingerprint density at radius 2 is 2.04 bits per heavy atom. The van der Waals surface area contributed by atoms with Crippen molar-refractivity contribution in [3.8, 4) is 16.9 Å². The number of aliphatic hydroxyl groups is 1. The van der Waals surface area contributed by atoms with Crippen LogP contribution in [0, 0.1) is 0 Å². The smallest absolute Gasteiger partial charge is 0.330 e. The molecule has 0 saturated heterocycles. The zero-order valence-electron chi connectivity index (χ0n) is 12.3. The highest BCUT2D eigenvalue weighted by molar-refractivity contribution is 7.91. The lowest BCUT2D eigenvalue weighted by atomic mass is 10.1. The average Bonchev–Trinajstić information content (AvgIpc) is 3.03. The molecule has 0 amide bonds. The second-order valence-electron chi connectivity index (χ2n) is 5.11.